The van der Waals surface area contributed by atoms with Crippen LogP contribution in [0.3, 0.4) is 0 Å². The van der Waals surface area contributed by atoms with Gasteiger partial charge in [-0.1, -0.05) is 25.3 Å². The van der Waals surface area contributed by atoms with Gasteiger partial charge >= 0.3 is 0 Å². The maximum Gasteiger partial charge on any atom is 0.229 e. The minimum atomic E-state index is -0.0386. The number of rotatable bonds is 2. The summed E-state index contributed by atoms with van der Waals surface area (Å²) in [6, 6.07) is 6.13. The van der Waals surface area contributed by atoms with Crippen LogP contribution in [-0.2, 0) is 4.79 Å². The third kappa shape index (κ3) is 3.80. The number of nitrogens with two attached hydrogens (primary N) is 1. The molecule has 1 aromatic carbocycles. The van der Waals surface area contributed by atoms with Crippen LogP contribution in [0.4, 0.5) is 5.69 Å². The first-order chi connectivity index (χ1) is 9.06. The number of nitrogens with one attached hydrogen (secondary N) is 1. The van der Waals surface area contributed by atoms with Crippen molar-refractivity contribution in [3.05, 3.63) is 29.3 Å². The molecule has 3 heteroatoms. The van der Waals surface area contributed by atoms with Crippen LogP contribution in [0.15, 0.2) is 18.2 Å². The lowest BCUT2D eigenvalue weighted by Gasteiger charge is -2.20. The number of carbonyl (C=O) groups excluding carboxylic acids is 1. The van der Waals surface area contributed by atoms with Crippen LogP contribution in [0.5, 0.6) is 0 Å². The maximum absolute atomic E-state index is 12.4. The van der Waals surface area contributed by atoms with Gasteiger partial charge in [-0.15, -0.1) is 0 Å². The summed E-state index contributed by atoms with van der Waals surface area (Å²) in [6.45, 7) is 4.08. The summed E-state index contributed by atoms with van der Waals surface area (Å²) in [5, 5.41) is 3.03. The highest BCUT2D eigenvalue weighted by atomic mass is 16.1. The molecule has 104 valence electrons. The average molecular weight is 260 g/mol. The second-order valence-electron chi connectivity index (χ2n) is 5.77. The fraction of sp³-hybridized carbons (Fsp3) is 0.562. The van der Waals surface area contributed by atoms with E-state index in [1.165, 1.54) is 17.5 Å². The van der Waals surface area contributed by atoms with Crippen LogP contribution < -0.4 is 11.1 Å². The van der Waals surface area contributed by atoms with Crippen LogP contribution >= 0.6 is 0 Å². The van der Waals surface area contributed by atoms with Crippen LogP contribution in [-0.4, -0.2) is 11.9 Å². The topological polar surface area (TPSA) is 55.1 Å². The van der Waals surface area contributed by atoms with Gasteiger partial charge in [0.25, 0.3) is 0 Å². The number of hydrogen-bond acceptors (Lipinski definition) is 2. The van der Waals surface area contributed by atoms with Crippen molar-refractivity contribution >= 4 is 11.6 Å². The molecule has 19 heavy (non-hydrogen) atoms. The van der Waals surface area contributed by atoms with Crippen molar-refractivity contribution in [3.63, 3.8) is 0 Å². The highest BCUT2D eigenvalue weighted by Gasteiger charge is 2.26. The molecule has 3 nitrogen and oxygen atoms in total. The van der Waals surface area contributed by atoms with Crippen molar-refractivity contribution in [2.75, 3.05) is 5.32 Å². The van der Waals surface area contributed by atoms with Gasteiger partial charge in [0, 0.05) is 11.7 Å². The highest BCUT2D eigenvalue weighted by Crippen LogP contribution is 2.24. The van der Waals surface area contributed by atoms with E-state index in [2.05, 4.69) is 11.4 Å². The number of benzene rings is 1. The maximum atomic E-state index is 12.4. The summed E-state index contributed by atoms with van der Waals surface area (Å²) in [5.74, 6) is 0.0442. The van der Waals surface area contributed by atoms with Crippen molar-refractivity contribution in [2.24, 2.45) is 11.7 Å². The lowest BCUT2D eigenvalue weighted by molar-refractivity contribution is -0.120. The number of aryl methyl sites for hydroxylation is 2. The quantitative estimate of drug-likeness (QED) is 0.803. The van der Waals surface area contributed by atoms with E-state index in [9.17, 15) is 4.79 Å². The summed E-state index contributed by atoms with van der Waals surface area (Å²) in [4.78, 5) is 12.4. The third-order valence-electron chi connectivity index (χ3n) is 3.90. The van der Waals surface area contributed by atoms with Crippen molar-refractivity contribution in [2.45, 2.75) is 52.0 Å². The van der Waals surface area contributed by atoms with Gasteiger partial charge in [0.1, 0.15) is 0 Å². The average Bonchev–Trinajstić information content (AvgIpc) is 2.52. The lowest BCUT2D eigenvalue weighted by Crippen LogP contribution is -2.37. The smallest absolute Gasteiger partial charge is 0.229 e. The molecule has 0 radical (unpaired) electrons. The minimum absolute atomic E-state index is 0.00778. The first-order valence-corrected chi connectivity index (χ1v) is 7.21. The Morgan fingerprint density at radius 3 is 2.42 bits per heavy atom. The third-order valence-corrected chi connectivity index (χ3v) is 3.90. The summed E-state index contributed by atoms with van der Waals surface area (Å²) in [5.41, 5.74) is 9.35. The van der Waals surface area contributed by atoms with Crippen molar-refractivity contribution in [3.8, 4) is 0 Å². The second-order valence-corrected chi connectivity index (χ2v) is 5.77. The Kier molecular flexibility index (Phi) is 4.59. The molecule has 1 amide bonds. The monoisotopic (exact) mass is 260 g/mol. The Hall–Kier alpha value is -1.35. The van der Waals surface area contributed by atoms with E-state index in [0.29, 0.717) is 0 Å². The Labute approximate surface area is 115 Å². The molecular formula is C16H24N2O. The molecule has 1 aromatic rings. The van der Waals surface area contributed by atoms with E-state index in [1.807, 2.05) is 26.0 Å². The highest BCUT2D eigenvalue weighted by molar-refractivity contribution is 5.93. The van der Waals surface area contributed by atoms with E-state index in [1.54, 1.807) is 0 Å². The molecule has 0 aliphatic heterocycles. The normalized spacial score (nSPS) is 23.7. The molecule has 1 saturated carbocycles. The largest absolute Gasteiger partial charge is 0.327 e. The predicted octanol–water partition coefficient (Wildman–Crippen LogP) is 3.15. The van der Waals surface area contributed by atoms with Gasteiger partial charge in [-0.05, 0) is 49.9 Å². The number of carbonyl (C=O) groups is 1. The summed E-state index contributed by atoms with van der Waals surface area (Å²) in [7, 11) is 0. The van der Waals surface area contributed by atoms with E-state index < -0.39 is 0 Å². The Balaban J connectivity index is 2.06. The zero-order chi connectivity index (χ0) is 13.8. The molecule has 0 heterocycles. The molecule has 1 aliphatic rings. The van der Waals surface area contributed by atoms with Gasteiger partial charge in [-0.25, -0.2) is 0 Å². The second kappa shape index (κ2) is 6.20. The SMILES string of the molecule is Cc1cc(C)cc(NC(=O)C2CCCCCC2N)c1. The van der Waals surface area contributed by atoms with Crippen LogP contribution in [0.1, 0.15) is 43.2 Å². The molecule has 2 rings (SSSR count). The van der Waals surface area contributed by atoms with Crippen molar-refractivity contribution in [1.29, 1.82) is 0 Å². The van der Waals surface area contributed by atoms with E-state index in [-0.39, 0.29) is 17.9 Å². The van der Waals surface area contributed by atoms with Gasteiger partial charge in [-0.2, -0.15) is 0 Å². The van der Waals surface area contributed by atoms with Gasteiger partial charge in [0.05, 0.1) is 5.92 Å². The van der Waals surface area contributed by atoms with Crippen LogP contribution in [0.25, 0.3) is 0 Å². The van der Waals surface area contributed by atoms with E-state index in [0.717, 1.165) is 31.4 Å². The number of hydrogen-bond donors (Lipinski definition) is 2. The predicted molar refractivity (Wildman–Crippen MR) is 79.1 cm³/mol. The van der Waals surface area contributed by atoms with Gasteiger partial charge < -0.3 is 11.1 Å². The Bertz CT molecular complexity index is 436. The summed E-state index contributed by atoms with van der Waals surface area (Å²) >= 11 is 0. The molecule has 2 atom stereocenters. The van der Waals surface area contributed by atoms with Gasteiger partial charge in [0.15, 0.2) is 0 Å². The molecule has 0 bridgehead atoms. The van der Waals surface area contributed by atoms with Gasteiger partial charge in [0.2, 0.25) is 5.91 Å². The number of amides is 1. The molecule has 1 aliphatic carbocycles. The fourth-order valence-electron chi connectivity index (χ4n) is 2.94. The van der Waals surface area contributed by atoms with Crippen LogP contribution in [0, 0.1) is 19.8 Å². The van der Waals surface area contributed by atoms with Crippen LogP contribution in [0.2, 0.25) is 0 Å². The fourth-order valence-corrected chi connectivity index (χ4v) is 2.94. The molecule has 0 saturated heterocycles. The zero-order valence-corrected chi connectivity index (χ0v) is 11.9. The lowest BCUT2D eigenvalue weighted by atomic mass is 9.94. The zero-order valence-electron chi connectivity index (χ0n) is 11.9. The minimum Gasteiger partial charge on any atom is -0.327 e. The first kappa shape index (κ1) is 14.1. The molecule has 1 fully saturated rings. The van der Waals surface area contributed by atoms with Crippen molar-refractivity contribution in [1.82, 2.24) is 0 Å². The molecular weight excluding hydrogens is 236 g/mol. The standard InChI is InChI=1S/C16H24N2O/c1-11-8-12(2)10-13(9-11)18-16(19)14-6-4-3-5-7-15(14)17/h8-10,14-15H,3-7,17H2,1-2H3,(H,18,19). The summed E-state index contributed by atoms with van der Waals surface area (Å²) < 4.78 is 0. The Morgan fingerprint density at radius 1 is 1.11 bits per heavy atom. The summed E-state index contributed by atoms with van der Waals surface area (Å²) in [6.07, 6.45) is 5.33. The molecule has 0 spiro atoms. The first-order valence-electron chi connectivity index (χ1n) is 7.21. The molecule has 3 N–H and O–H groups in total. The van der Waals surface area contributed by atoms with Crippen molar-refractivity contribution < 1.29 is 4.79 Å². The van der Waals surface area contributed by atoms with Gasteiger partial charge in [-0.3, -0.25) is 4.79 Å². The number of anilines is 1. The van der Waals surface area contributed by atoms with E-state index in [4.69, 9.17) is 5.73 Å². The van der Waals surface area contributed by atoms with E-state index >= 15 is 0 Å². The molecule has 2 unspecified atom stereocenters. The molecule has 0 aromatic heterocycles. The Morgan fingerprint density at radius 2 is 1.74 bits per heavy atom.